The van der Waals surface area contributed by atoms with Crippen molar-refractivity contribution >= 4 is 41.4 Å². The number of anilines is 1. The Balaban J connectivity index is 2.07. The minimum atomic E-state index is -3.22. The molecule has 0 radical (unpaired) electrons. The van der Waals surface area contributed by atoms with Gasteiger partial charge in [-0.05, 0) is 42.3 Å². The van der Waals surface area contributed by atoms with Crippen LogP contribution < -0.4 is 20.9 Å². The van der Waals surface area contributed by atoms with E-state index in [0.717, 1.165) is 10.7 Å². The third-order valence-electron chi connectivity index (χ3n) is 4.50. The number of amides is 3. The van der Waals surface area contributed by atoms with Crippen LogP contribution in [-0.4, -0.2) is 57.7 Å². The quantitative estimate of drug-likeness (QED) is 0.251. The molecule has 0 fully saturated rings. The van der Waals surface area contributed by atoms with Gasteiger partial charge in [0.1, 0.15) is 12.8 Å². The maximum atomic E-state index is 13.3. The number of oxime groups is 1. The Labute approximate surface area is 212 Å². The summed E-state index contributed by atoms with van der Waals surface area (Å²) >= 11 is 6.15. The summed E-state index contributed by atoms with van der Waals surface area (Å²) in [5.41, 5.74) is 3.93. The van der Waals surface area contributed by atoms with E-state index in [1.807, 2.05) is 5.43 Å². The molecule has 0 atom stereocenters. The number of carbonyl (C=O) groups is 3. The lowest BCUT2D eigenvalue weighted by molar-refractivity contribution is -0.0530. The van der Waals surface area contributed by atoms with Crippen molar-refractivity contribution in [3.63, 3.8) is 0 Å². The number of aryl methyl sites for hydroxylation is 1. The number of alkyl halides is 2. The molecule has 3 rings (SSSR count). The van der Waals surface area contributed by atoms with Gasteiger partial charge in [0.15, 0.2) is 5.82 Å². The van der Waals surface area contributed by atoms with Crippen molar-refractivity contribution in [3.8, 4) is 11.7 Å². The monoisotopic (exact) mass is 537 g/mol. The molecule has 0 aliphatic carbocycles. The van der Waals surface area contributed by atoms with Gasteiger partial charge in [0.05, 0.1) is 22.5 Å². The maximum absolute atomic E-state index is 13.3. The number of nitrogens with one attached hydrogen (secondary N) is 3. The fraction of sp³-hybridized carbons (Fsp3) is 0.143. The van der Waals surface area contributed by atoms with Crippen LogP contribution in [0, 0.1) is 6.92 Å². The molecule has 0 aliphatic heterocycles. The molecule has 4 N–H and O–H groups in total. The highest BCUT2D eigenvalue weighted by Gasteiger charge is 2.24. The van der Waals surface area contributed by atoms with E-state index in [2.05, 4.69) is 30.1 Å². The molecule has 2 aromatic heterocycles. The number of hydrogen-bond donors (Lipinski definition) is 4. The van der Waals surface area contributed by atoms with E-state index in [4.69, 9.17) is 16.7 Å². The Morgan fingerprint density at radius 3 is 2.62 bits per heavy atom. The number of rotatable bonds is 8. The number of halogens is 3. The Morgan fingerprint density at radius 1 is 1.22 bits per heavy atom. The number of ether oxygens (including phenoxy) is 1. The first kappa shape index (κ1) is 26.8. The summed E-state index contributed by atoms with van der Waals surface area (Å²) in [5.74, 6) is -2.46. The molecular weight excluding hydrogens is 520 g/mol. The summed E-state index contributed by atoms with van der Waals surface area (Å²) in [6.07, 6.45) is 1.10. The van der Waals surface area contributed by atoms with E-state index in [1.54, 1.807) is 18.4 Å². The normalized spacial score (nSPS) is 10.9. The first-order chi connectivity index (χ1) is 17.6. The molecule has 0 spiro atoms. The number of carboxylic acid groups (broad SMARTS) is 1. The Kier molecular flexibility index (Phi) is 8.52. The van der Waals surface area contributed by atoms with Gasteiger partial charge in [0, 0.05) is 12.3 Å². The van der Waals surface area contributed by atoms with Crippen LogP contribution in [-0.2, 0) is 4.84 Å². The van der Waals surface area contributed by atoms with Gasteiger partial charge in [0.25, 0.3) is 11.8 Å². The zero-order valence-corrected chi connectivity index (χ0v) is 19.8. The second-order valence-corrected chi connectivity index (χ2v) is 7.39. The average Bonchev–Trinajstić information content (AvgIpc) is 3.25. The molecular formula is C21H18ClF2N7O6. The van der Waals surface area contributed by atoms with Crippen LogP contribution in [0.3, 0.4) is 0 Å². The topological polar surface area (TPSA) is 169 Å². The SMILES string of the molecule is CO/N=C/c1cc(C)c(NC(=O)c2cc(OC(F)F)nn2-c2ncccc2Cl)c(C(=O)NNC(=O)O)c1. The molecule has 0 bridgehead atoms. The lowest BCUT2D eigenvalue weighted by Crippen LogP contribution is -2.41. The lowest BCUT2D eigenvalue weighted by Gasteiger charge is -2.15. The number of pyridine rings is 1. The van der Waals surface area contributed by atoms with Gasteiger partial charge in [-0.2, -0.15) is 8.78 Å². The van der Waals surface area contributed by atoms with Gasteiger partial charge < -0.3 is 20.0 Å². The largest absolute Gasteiger partial charge is 0.464 e. The molecule has 0 unspecified atom stereocenters. The number of benzene rings is 1. The van der Waals surface area contributed by atoms with Crippen LogP contribution in [0.5, 0.6) is 5.88 Å². The summed E-state index contributed by atoms with van der Waals surface area (Å²) < 4.78 is 30.9. The zero-order chi connectivity index (χ0) is 27.1. The van der Waals surface area contributed by atoms with Gasteiger partial charge in [-0.1, -0.05) is 16.8 Å². The van der Waals surface area contributed by atoms with Crippen molar-refractivity contribution in [3.05, 3.63) is 63.9 Å². The predicted octanol–water partition coefficient (Wildman–Crippen LogP) is 2.98. The van der Waals surface area contributed by atoms with Crippen molar-refractivity contribution < 1.29 is 37.8 Å². The van der Waals surface area contributed by atoms with Crippen LogP contribution in [0.1, 0.15) is 32.0 Å². The van der Waals surface area contributed by atoms with Crippen LogP contribution in [0.2, 0.25) is 5.02 Å². The van der Waals surface area contributed by atoms with Crippen molar-refractivity contribution in [2.24, 2.45) is 5.16 Å². The van der Waals surface area contributed by atoms with Crippen LogP contribution in [0.4, 0.5) is 19.3 Å². The van der Waals surface area contributed by atoms with Gasteiger partial charge in [-0.3, -0.25) is 15.0 Å². The van der Waals surface area contributed by atoms with E-state index in [1.165, 1.54) is 37.7 Å². The molecule has 3 aromatic rings. The fourth-order valence-electron chi connectivity index (χ4n) is 3.07. The van der Waals surface area contributed by atoms with Crippen molar-refractivity contribution in [2.45, 2.75) is 13.5 Å². The Morgan fingerprint density at radius 2 is 1.97 bits per heavy atom. The van der Waals surface area contributed by atoms with E-state index in [-0.39, 0.29) is 27.8 Å². The molecule has 3 amide bonds. The van der Waals surface area contributed by atoms with Gasteiger partial charge in [-0.25, -0.2) is 19.9 Å². The summed E-state index contributed by atoms with van der Waals surface area (Å²) in [6.45, 7) is -1.67. The van der Waals surface area contributed by atoms with Crippen molar-refractivity contribution in [2.75, 3.05) is 12.4 Å². The highest BCUT2D eigenvalue weighted by atomic mass is 35.5. The molecule has 0 saturated carbocycles. The average molecular weight is 538 g/mol. The van der Waals surface area contributed by atoms with E-state index < -0.39 is 30.4 Å². The number of carbonyl (C=O) groups excluding carboxylic acids is 2. The van der Waals surface area contributed by atoms with Gasteiger partial charge in [-0.15, -0.1) is 5.10 Å². The number of nitrogens with zero attached hydrogens (tertiary/aromatic N) is 4. The van der Waals surface area contributed by atoms with Crippen molar-refractivity contribution in [1.82, 2.24) is 25.6 Å². The second kappa shape index (κ2) is 11.8. The summed E-state index contributed by atoms with van der Waals surface area (Å²) in [7, 11) is 1.31. The second-order valence-electron chi connectivity index (χ2n) is 6.98. The maximum Gasteiger partial charge on any atom is 0.423 e. The lowest BCUT2D eigenvalue weighted by atomic mass is 10.0. The minimum Gasteiger partial charge on any atom is -0.464 e. The highest BCUT2D eigenvalue weighted by Crippen LogP contribution is 2.26. The Hall–Kier alpha value is -4.79. The first-order valence-corrected chi connectivity index (χ1v) is 10.5. The number of hydrogen-bond acceptors (Lipinski definition) is 8. The molecule has 1 aromatic carbocycles. The molecule has 2 heterocycles. The molecule has 13 nitrogen and oxygen atoms in total. The third-order valence-corrected chi connectivity index (χ3v) is 4.80. The van der Waals surface area contributed by atoms with E-state index in [9.17, 15) is 23.2 Å². The van der Waals surface area contributed by atoms with Crippen LogP contribution >= 0.6 is 11.6 Å². The molecule has 0 saturated heterocycles. The first-order valence-electron chi connectivity index (χ1n) is 10.1. The number of hydrazine groups is 1. The standard InChI is InChI=1S/C21H18ClF2N7O6/c1-10-6-11(9-26-36-2)7-12(18(32)28-29-21(34)35)16(10)27-19(33)14-8-15(37-20(23)24)30-31(14)17-13(22)4-3-5-25-17/h3-9,20,29H,1-2H3,(H,27,33)(H,28,32)(H,34,35)/b26-9+. The smallest absolute Gasteiger partial charge is 0.423 e. The molecule has 37 heavy (non-hydrogen) atoms. The molecule has 194 valence electrons. The Bertz CT molecular complexity index is 1370. The van der Waals surface area contributed by atoms with Crippen LogP contribution in [0.25, 0.3) is 5.82 Å². The van der Waals surface area contributed by atoms with Crippen LogP contribution in [0.15, 0.2) is 41.7 Å². The minimum absolute atomic E-state index is 0.0274. The summed E-state index contributed by atoms with van der Waals surface area (Å²) in [4.78, 5) is 45.5. The fourth-order valence-corrected chi connectivity index (χ4v) is 3.27. The van der Waals surface area contributed by atoms with Gasteiger partial charge >= 0.3 is 12.7 Å². The molecule has 16 heteroatoms. The third kappa shape index (κ3) is 6.66. The zero-order valence-electron chi connectivity index (χ0n) is 19.0. The molecule has 0 aliphatic rings. The van der Waals surface area contributed by atoms with E-state index in [0.29, 0.717) is 11.1 Å². The highest BCUT2D eigenvalue weighted by molar-refractivity contribution is 6.32. The summed E-state index contributed by atoms with van der Waals surface area (Å²) in [5, 5.41) is 18.8. The number of aromatic nitrogens is 3. The summed E-state index contributed by atoms with van der Waals surface area (Å²) in [6, 6.07) is 6.76. The van der Waals surface area contributed by atoms with Gasteiger partial charge in [0.2, 0.25) is 5.88 Å². The van der Waals surface area contributed by atoms with Crippen molar-refractivity contribution in [1.29, 1.82) is 0 Å². The van der Waals surface area contributed by atoms with E-state index >= 15 is 0 Å². The predicted molar refractivity (Wildman–Crippen MR) is 125 cm³/mol.